The van der Waals surface area contributed by atoms with Gasteiger partial charge in [0.25, 0.3) is 0 Å². The van der Waals surface area contributed by atoms with Gasteiger partial charge in [-0.25, -0.2) is 0 Å². The Morgan fingerprint density at radius 2 is 1.95 bits per heavy atom. The molecular weight excluding hydrogens is 270 g/mol. The molecule has 0 saturated carbocycles. The molecule has 0 aromatic heterocycles. The maximum absolute atomic E-state index is 11.5. The minimum atomic E-state index is -0.752. The van der Waals surface area contributed by atoms with Crippen LogP contribution >= 0.6 is 11.6 Å². The van der Waals surface area contributed by atoms with Crippen LogP contribution in [-0.4, -0.2) is 32.8 Å². The topological polar surface area (TPSA) is 70.8 Å². The van der Waals surface area contributed by atoms with E-state index in [0.717, 1.165) is 5.56 Å². The highest BCUT2D eigenvalue weighted by Gasteiger charge is 2.19. The molecule has 0 spiro atoms. The summed E-state index contributed by atoms with van der Waals surface area (Å²) < 4.78 is 15.2. The first kappa shape index (κ1) is 15.6. The van der Waals surface area contributed by atoms with Crippen LogP contribution in [0.1, 0.15) is 12.5 Å². The molecule has 0 amide bonds. The molecule has 1 rings (SSSR count). The first-order chi connectivity index (χ1) is 9.03. The van der Waals surface area contributed by atoms with E-state index in [-0.39, 0.29) is 6.42 Å². The number of carbonyl (C=O) groups excluding carboxylic acids is 1. The van der Waals surface area contributed by atoms with Gasteiger partial charge >= 0.3 is 5.97 Å². The van der Waals surface area contributed by atoms with Gasteiger partial charge in [-0.2, -0.15) is 0 Å². The molecule has 0 aliphatic heterocycles. The van der Waals surface area contributed by atoms with E-state index in [1.807, 2.05) is 0 Å². The number of hydrogen-bond acceptors (Lipinski definition) is 5. The summed E-state index contributed by atoms with van der Waals surface area (Å²) in [5.74, 6) is 0.629. The largest absolute Gasteiger partial charge is 0.496 e. The molecule has 1 atom stereocenters. The zero-order chi connectivity index (χ0) is 14.4. The number of hydrogen-bond donors (Lipinski definition) is 1. The van der Waals surface area contributed by atoms with Crippen LogP contribution in [0.5, 0.6) is 11.5 Å². The van der Waals surface area contributed by atoms with Crippen molar-refractivity contribution in [2.24, 2.45) is 5.73 Å². The summed E-state index contributed by atoms with van der Waals surface area (Å²) in [5, 5.41) is 0.439. The Morgan fingerprint density at radius 1 is 1.32 bits per heavy atom. The normalized spacial score (nSPS) is 11.8. The van der Waals surface area contributed by atoms with Gasteiger partial charge < -0.3 is 19.9 Å². The minimum absolute atomic E-state index is 0.283. The molecule has 1 aromatic rings. The predicted octanol–water partition coefficient (Wildman–Crippen LogP) is 1.79. The highest BCUT2D eigenvalue weighted by atomic mass is 35.5. The zero-order valence-electron chi connectivity index (χ0n) is 11.2. The quantitative estimate of drug-likeness (QED) is 0.808. The van der Waals surface area contributed by atoms with Crippen LogP contribution in [0.4, 0.5) is 0 Å². The number of ether oxygens (including phenoxy) is 3. The molecular formula is C13H18ClNO4. The lowest BCUT2D eigenvalue weighted by molar-refractivity contribution is -0.144. The lowest BCUT2D eigenvalue weighted by Crippen LogP contribution is -2.34. The average Bonchev–Trinajstić information content (AvgIpc) is 2.39. The maximum atomic E-state index is 11.5. The summed E-state index contributed by atoms with van der Waals surface area (Å²) in [6, 6.07) is 2.59. The van der Waals surface area contributed by atoms with Gasteiger partial charge in [0.15, 0.2) is 0 Å². The summed E-state index contributed by atoms with van der Waals surface area (Å²) in [6.07, 6.45) is 0.283. The molecule has 106 valence electrons. The van der Waals surface area contributed by atoms with Gasteiger partial charge in [0, 0.05) is 12.5 Å². The van der Waals surface area contributed by atoms with Crippen LogP contribution < -0.4 is 15.2 Å². The predicted molar refractivity (Wildman–Crippen MR) is 72.9 cm³/mol. The summed E-state index contributed by atoms with van der Waals surface area (Å²) in [5.41, 5.74) is 6.51. The average molecular weight is 288 g/mol. The molecule has 0 radical (unpaired) electrons. The van der Waals surface area contributed by atoms with Crippen LogP contribution in [0.3, 0.4) is 0 Å². The Bertz CT molecular complexity index is 451. The van der Waals surface area contributed by atoms with Crippen LogP contribution in [-0.2, 0) is 16.0 Å². The monoisotopic (exact) mass is 287 g/mol. The van der Waals surface area contributed by atoms with E-state index in [0.29, 0.717) is 23.1 Å². The van der Waals surface area contributed by atoms with Crippen molar-refractivity contribution in [3.63, 3.8) is 0 Å². The fraction of sp³-hybridized carbons (Fsp3) is 0.462. The van der Waals surface area contributed by atoms with Crippen LogP contribution in [0.25, 0.3) is 0 Å². The molecule has 0 saturated heterocycles. The lowest BCUT2D eigenvalue weighted by atomic mass is 10.1. The highest BCUT2D eigenvalue weighted by molar-refractivity contribution is 6.32. The standard InChI is InChI=1S/C13H18ClNO4/c1-4-19-13(16)10(15)6-8-5-9(14)12(18-3)7-11(8)17-2/h5,7,10H,4,6,15H2,1-3H3. The Labute approximate surface area is 117 Å². The highest BCUT2D eigenvalue weighted by Crippen LogP contribution is 2.33. The lowest BCUT2D eigenvalue weighted by Gasteiger charge is -2.15. The summed E-state index contributed by atoms with van der Waals surface area (Å²) in [6.45, 7) is 2.03. The maximum Gasteiger partial charge on any atom is 0.323 e. The summed E-state index contributed by atoms with van der Waals surface area (Å²) in [4.78, 5) is 11.5. The third kappa shape index (κ3) is 4.01. The van der Waals surface area contributed by atoms with E-state index >= 15 is 0 Å². The Kier molecular flexibility index (Phi) is 5.92. The molecule has 2 N–H and O–H groups in total. The van der Waals surface area contributed by atoms with Crippen molar-refractivity contribution in [1.29, 1.82) is 0 Å². The van der Waals surface area contributed by atoms with E-state index in [1.165, 1.54) is 14.2 Å². The van der Waals surface area contributed by atoms with Gasteiger partial charge in [0.1, 0.15) is 17.5 Å². The molecule has 1 aromatic carbocycles. The number of carbonyl (C=O) groups is 1. The van der Waals surface area contributed by atoms with E-state index in [2.05, 4.69) is 0 Å². The SMILES string of the molecule is CCOC(=O)C(N)Cc1cc(Cl)c(OC)cc1OC. The molecule has 5 nitrogen and oxygen atoms in total. The van der Waals surface area contributed by atoms with Gasteiger partial charge in [-0.15, -0.1) is 0 Å². The van der Waals surface area contributed by atoms with Gasteiger partial charge in [0.2, 0.25) is 0 Å². The van der Waals surface area contributed by atoms with E-state index < -0.39 is 12.0 Å². The first-order valence-corrected chi connectivity index (χ1v) is 6.23. The summed E-state index contributed by atoms with van der Waals surface area (Å²) >= 11 is 6.05. The van der Waals surface area contributed by atoms with Crippen LogP contribution in [0.2, 0.25) is 5.02 Å². The van der Waals surface area contributed by atoms with E-state index in [4.69, 9.17) is 31.5 Å². The van der Waals surface area contributed by atoms with Gasteiger partial charge in [-0.3, -0.25) is 4.79 Å². The van der Waals surface area contributed by atoms with Crippen molar-refractivity contribution in [3.05, 3.63) is 22.7 Å². The third-order valence-electron chi connectivity index (χ3n) is 2.58. The smallest absolute Gasteiger partial charge is 0.323 e. The van der Waals surface area contributed by atoms with E-state index in [1.54, 1.807) is 19.1 Å². The number of benzene rings is 1. The fourth-order valence-corrected chi connectivity index (χ4v) is 1.91. The molecule has 1 unspecified atom stereocenters. The third-order valence-corrected chi connectivity index (χ3v) is 2.88. The first-order valence-electron chi connectivity index (χ1n) is 5.86. The Hall–Kier alpha value is -1.46. The van der Waals surface area contributed by atoms with Crippen molar-refractivity contribution >= 4 is 17.6 Å². The second kappa shape index (κ2) is 7.21. The number of halogens is 1. The second-order valence-corrected chi connectivity index (χ2v) is 4.27. The van der Waals surface area contributed by atoms with Gasteiger partial charge in [0.05, 0.1) is 25.8 Å². The van der Waals surface area contributed by atoms with E-state index in [9.17, 15) is 4.79 Å². The molecule has 6 heteroatoms. The minimum Gasteiger partial charge on any atom is -0.496 e. The zero-order valence-corrected chi connectivity index (χ0v) is 12.0. The molecule has 0 fully saturated rings. The number of methoxy groups -OCH3 is 2. The molecule has 0 bridgehead atoms. The number of esters is 1. The van der Waals surface area contributed by atoms with Crippen molar-refractivity contribution in [2.75, 3.05) is 20.8 Å². The van der Waals surface area contributed by atoms with Crippen molar-refractivity contribution in [1.82, 2.24) is 0 Å². The van der Waals surface area contributed by atoms with Gasteiger partial charge in [-0.1, -0.05) is 11.6 Å². The van der Waals surface area contributed by atoms with Gasteiger partial charge in [-0.05, 0) is 18.6 Å². The molecule has 0 aliphatic carbocycles. The molecule has 0 aliphatic rings. The van der Waals surface area contributed by atoms with Crippen LogP contribution in [0.15, 0.2) is 12.1 Å². The second-order valence-electron chi connectivity index (χ2n) is 3.86. The number of nitrogens with two attached hydrogens (primary N) is 1. The molecule has 0 heterocycles. The molecule has 19 heavy (non-hydrogen) atoms. The Morgan fingerprint density at radius 3 is 2.47 bits per heavy atom. The van der Waals surface area contributed by atoms with Crippen molar-refractivity contribution in [3.8, 4) is 11.5 Å². The van der Waals surface area contributed by atoms with Crippen molar-refractivity contribution < 1.29 is 19.0 Å². The number of rotatable bonds is 6. The van der Waals surface area contributed by atoms with Crippen LogP contribution in [0, 0.1) is 0 Å². The Balaban J connectivity index is 2.94. The van der Waals surface area contributed by atoms with Crippen molar-refractivity contribution in [2.45, 2.75) is 19.4 Å². The summed E-state index contributed by atoms with van der Waals surface area (Å²) in [7, 11) is 3.05. The fourth-order valence-electron chi connectivity index (χ4n) is 1.65.